The molecule has 6 heteroatoms. The fourth-order valence-electron chi connectivity index (χ4n) is 2.33. The van der Waals surface area contributed by atoms with Gasteiger partial charge in [0.15, 0.2) is 0 Å². The van der Waals surface area contributed by atoms with Gasteiger partial charge in [-0.3, -0.25) is 4.90 Å². The predicted octanol–water partition coefficient (Wildman–Crippen LogP) is 1.80. The number of hydrogen-bond donors (Lipinski definition) is 1. The minimum absolute atomic E-state index is 0.478. The molecule has 1 atom stereocenters. The van der Waals surface area contributed by atoms with Crippen molar-refractivity contribution in [3.8, 4) is 0 Å². The summed E-state index contributed by atoms with van der Waals surface area (Å²) < 4.78 is 36.8. The standard InChI is InChI=1S/C13H26F3N3/c1-11(2)17-8-12(3)9-18-4-6-19(7-5-18)10-13(14,15)16/h11-12,17H,4-10H2,1-3H3. The van der Waals surface area contributed by atoms with Crippen molar-refractivity contribution in [2.45, 2.75) is 33.0 Å². The van der Waals surface area contributed by atoms with Crippen LogP contribution >= 0.6 is 0 Å². The lowest BCUT2D eigenvalue weighted by Crippen LogP contribution is -2.50. The molecule has 1 N–H and O–H groups in total. The minimum Gasteiger partial charge on any atom is -0.314 e. The van der Waals surface area contributed by atoms with Gasteiger partial charge in [-0.1, -0.05) is 20.8 Å². The van der Waals surface area contributed by atoms with E-state index < -0.39 is 12.7 Å². The first kappa shape index (κ1) is 16.7. The van der Waals surface area contributed by atoms with Crippen molar-refractivity contribution in [2.75, 3.05) is 45.8 Å². The third-order valence-electron chi connectivity index (χ3n) is 3.31. The zero-order chi connectivity index (χ0) is 14.5. The van der Waals surface area contributed by atoms with Gasteiger partial charge in [0.25, 0.3) is 0 Å². The Balaban J connectivity index is 2.19. The maximum absolute atomic E-state index is 12.3. The monoisotopic (exact) mass is 281 g/mol. The van der Waals surface area contributed by atoms with Crippen LogP contribution in [0.1, 0.15) is 20.8 Å². The second-order valence-electron chi connectivity index (χ2n) is 5.86. The molecule has 114 valence electrons. The van der Waals surface area contributed by atoms with Crippen LogP contribution in [0.4, 0.5) is 13.2 Å². The van der Waals surface area contributed by atoms with Crippen LogP contribution in [0.3, 0.4) is 0 Å². The SMILES string of the molecule is CC(CNC(C)C)CN1CCN(CC(F)(F)F)CC1. The molecule has 1 aliphatic rings. The smallest absolute Gasteiger partial charge is 0.314 e. The summed E-state index contributed by atoms with van der Waals surface area (Å²) in [6, 6.07) is 0.478. The van der Waals surface area contributed by atoms with Crippen LogP contribution in [0, 0.1) is 5.92 Å². The molecule has 0 aliphatic carbocycles. The number of hydrogen-bond acceptors (Lipinski definition) is 3. The Morgan fingerprint density at radius 2 is 1.53 bits per heavy atom. The van der Waals surface area contributed by atoms with E-state index in [1.54, 1.807) is 0 Å². The van der Waals surface area contributed by atoms with Gasteiger partial charge in [-0.05, 0) is 12.5 Å². The molecule has 0 spiro atoms. The highest BCUT2D eigenvalue weighted by Crippen LogP contribution is 2.17. The molecule has 0 aromatic carbocycles. The van der Waals surface area contributed by atoms with Gasteiger partial charge in [-0.2, -0.15) is 13.2 Å². The number of halogens is 3. The molecule has 0 saturated carbocycles. The third-order valence-corrected chi connectivity index (χ3v) is 3.31. The van der Waals surface area contributed by atoms with E-state index in [4.69, 9.17) is 0 Å². The highest BCUT2D eigenvalue weighted by Gasteiger charge is 2.32. The molecule has 1 aliphatic heterocycles. The summed E-state index contributed by atoms with van der Waals surface area (Å²) in [6.07, 6.45) is -4.07. The molecule has 1 saturated heterocycles. The van der Waals surface area contributed by atoms with Gasteiger partial charge in [0.2, 0.25) is 0 Å². The quantitative estimate of drug-likeness (QED) is 0.801. The highest BCUT2D eigenvalue weighted by molar-refractivity contribution is 4.75. The van der Waals surface area contributed by atoms with E-state index in [1.807, 2.05) is 0 Å². The highest BCUT2D eigenvalue weighted by atomic mass is 19.4. The van der Waals surface area contributed by atoms with E-state index in [2.05, 4.69) is 31.0 Å². The molecular formula is C13H26F3N3. The molecular weight excluding hydrogens is 255 g/mol. The van der Waals surface area contributed by atoms with Crippen molar-refractivity contribution in [1.82, 2.24) is 15.1 Å². The molecule has 1 heterocycles. The molecule has 0 radical (unpaired) electrons. The zero-order valence-corrected chi connectivity index (χ0v) is 12.1. The average Bonchev–Trinajstić information content (AvgIpc) is 2.27. The van der Waals surface area contributed by atoms with Crippen LogP contribution in [-0.4, -0.2) is 67.8 Å². The fourth-order valence-corrected chi connectivity index (χ4v) is 2.33. The Kier molecular flexibility index (Phi) is 6.56. The molecule has 0 aromatic rings. The van der Waals surface area contributed by atoms with Crippen molar-refractivity contribution >= 4 is 0 Å². The van der Waals surface area contributed by atoms with Gasteiger partial charge in [0.05, 0.1) is 6.54 Å². The summed E-state index contributed by atoms with van der Waals surface area (Å²) >= 11 is 0. The maximum atomic E-state index is 12.3. The summed E-state index contributed by atoms with van der Waals surface area (Å²) in [5.41, 5.74) is 0. The molecule has 1 fully saturated rings. The average molecular weight is 281 g/mol. The Morgan fingerprint density at radius 3 is 2.00 bits per heavy atom. The Bertz CT molecular complexity index is 248. The zero-order valence-electron chi connectivity index (χ0n) is 12.1. The van der Waals surface area contributed by atoms with Crippen molar-refractivity contribution in [1.29, 1.82) is 0 Å². The number of nitrogens with one attached hydrogen (secondary N) is 1. The van der Waals surface area contributed by atoms with Crippen molar-refractivity contribution in [3.05, 3.63) is 0 Å². The molecule has 0 aromatic heterocycles. The Hall–Kier alpha value is -0.330. The number of nitrogens with zero attached hydrogens (tertiary/aromatic N) is 2. The number of rotatable bonds is 6. The molecule has 1 rings (SSSR count). The lowest BCUT2D eigenvalue weighted by atomic mass is 10.1. The van der Waals surface area contributed by atoms with Crippen LogP contribution in [-0.2, 0) is 0 Å². The minimum atomic E-state index is -4.07. The summed E-state index contributed by atoms with van der Waals surface area (Å²) in [6.45, 7) is 10.1. The van der Waals surface area contributed by atoms with Crippen LogP contribution in [0.25, 0.3) is 0 Å². The van der Waals surface area contributed by atoms with Gasteiger partial charge >= 0.3 is 6.18 Å². The normalized spacial score (nSPS) is 21.0. The Morgan fingerprint density at radius 1 is 1.00 bits per heavy atom. The first-order valence-electron chi connectivity index (χ1n) is 7.01. The van der Waals surface area contributed by atoms with Gasteiger partial charge in [0.1, 0.15) is 0 Å². The molecule has 19 heavy (non-hydrogen) atoms. The number of alkyl halides is 3. The molecule has 3 nitrogen and oxygen atoms in total. The Labute approximate surface area is 114 Å². The third kappa shape index (κ3) is 7.74. The topological polar surface area (TPSA) is 18.5 Å². The van der Waals surface area contributed by atoms with Crippen LogP contribution in [0.5, 0.6) is 0 Å². The van der Waals surface area contributed by atoms with E-state index in [0.29, 0.717) is 25.0 Å². The molecule has 0 amide bonds. The maximum Gasteiger partial charge on any atom is 0.401 e. The van der Waals surface area contributed by atoms with Crippen molar-refractivity contribution in [3.63, 3.8) is 0 Å². The van der Waals surface area contributed by atoms with Crippen molar-refractivity contribution in [2.24, 2.45) is 5.92 Å². The van der Waals surface area contributed by atoms with Crippen molar-refractivity contribution < 1.29 is 13.2 Å². The van der Waals surface area contributed by atoms with E-state index in [1.165, 1.54) is 4.90 Å². The first-order chi connectivity index (χ1) is 8.76. The lowest BCUT2D eigenvalue weighted by molar-refractivity contribution is -0.149. The summed E-state index contributed by atoms with van der Waals surface area (Å²) in [7, 11) is 0. The fraction of sp³-hybridized carbons (Fsp3) is 1.00. The largest absolute Gasteiger partial charge is 0.401 e. The molecule has 0 bridgehead atoms. The second-order valence-corrected chi connectivity index (χ2v) is 5.86. The van der Waals surface area contributed by atoms with Crippen LogP contribution < -0.4 is 5.32 Å². The van der Waals surface area contributed by atoms with E-state index >= 15 is 0 Å². The summed E-state index contributed by atoms with van der Waals surface area (Å²) in [5, 5.41) is 3.39. The van der Waals surface area contributed by atoms with Gasteiger partial charge in [-0.25, -0.2) is 0 Å². The predicted molar refractivity (Wildman–Crippen MR) is 71.2 cm³/mol. The molecule has 1 unspecified atom stereocenters. The lowest BCUT2D eigenvalue weighted by Gasteiger charge is -2.36. The van der Waals surface area contributed by atoms with E-state index in [0.717, 1.165) is 26.2 Å². The summed E-state index contributed by atoms with van der Waals surface area (Å²) in [4.78, 5) is 3.76. The summed E-state index contributed by atoms with van der Waals surface area (Å²) in [5.74, 6) is 0.525. The van der Waals surface area contributed by atoms with E-state index in [-0.39, 0.29) is 0 Å². The second kappa shape index (κ2) is 7.45. The van der Waals surface area contributed by atoms with E-state index in [9.17, 15) is 13.2 Å². The van der Waals surface area contributed by atoms with Gasteiger partial charge in [-0.15, -0.1) is 0 Å². The van der Waals surface area contributed by atoms with Crippen LogP contribution in [0.15, 0.2) is 0 Å². The van der Waals surface area contributed by atoms with Crippen LogP contribution in [0.2, 0.25) is 0 Å². The van der Waals surface area contributed by atoms with Gasteiger partial charge < -0.3 is 10.2 Å². The number of piperazine rings is 1. The first-order valence-corrected chi connectivity index (χ1v) is 7.01. The van der Waals surface area contributed by atoms with Gasteiger partial charge in [0, 0.05) is 38.8 Å².